The monoisotopic (exact) mass is 468 g/mol. The van der Waals surface area contributed by atoms with Crippen molar-refractivity contribution in [3.63, 3.8) is 0 Å². The van der Waals surface area contributed by atoms with Crippen LogP contribution in [0.15, 0.2) is 29.1 Å². The number of carboxylic acid groups (broad SMARTS) is 2. The zero-order valence-corrected chi connectivity index (χ0v) is 17.5. The zero-order valence-electron chi connectivity index (χ0n) is 15.8. The zero-order chi connectivity index (χ0) is 22.9. The molecule has 3 atom stereocenters. The van der Waals surface area contributed by atoms with Crippen molar-refractivity contribution >= 4 is 57.9 Å². The SMILES string of the molecule is C=CC1=C(C(=O)O)N2C(=O)C(NC(=O)C(=NOC(C)C(=O)O)c3nsc(N)n3)[C@H]2SC1. The van der Waals surface area contributed by atoms with Gasteiger partial charge in [-0.15, -0.1) is 11.8 Å². The molecule has 2 unspecified atom stereocenters. The number of oxime groups is 1. The molecule has 0 spiro atoms. The van der Waals surface area contributed by atoms with Crippen LogP contribution >= 0.6 is 23.3 Å². The number of amides is 2. The van der Waals surface area contributed by atoms with Crippen molar-refractivity contribution < 1.29 is 34.2 Å². The smallest absolute Gasteiger partial charge is 0.352 e. The molecule has 1 saturated heterocycles. The van der Waals surface area contributed by atoms with Crippen molar-refractivity contribution in [1.29, 1.82) is 0 Å². The highest BCUT2D eigenvalue weighted by Crippen LogP contribution is 2.40. The topological polar surface area (TPSA) is 197 Å². The van der Waals surface area contributed by atoms with Gasteiger partial charge >= 0.3 is 11.9 Å². The minimum absolute atomic E-state index is 0.0312. The van der Waals surface area contributed by atoms with Gasteiger partial charge in [-0.1, -0.05) is 17.8 Å². The number of anilines is 1. The van der Waals surface area contributed by atoms with E-state index >= 15 is 0 Å². The number of fused-ring (bicyclic) bond motifs is 1. The maximum atomic E-state index is 12.8. The van der Waals surface area contributed by atoms with E-state index in [9.17, 15) is 24.3 Å². The minimum atomic E-state index is -1.37. The molecular weight excluding hydrogens is 452 g/mol. The Morgan fingerprint density at radius 3 is 2.71 bits per heavy atom. The fourth-order valence-corrected chi connectivity index (χ4v) is 4.48. The third-order valence-electron chi connectivity index (χ3n) is 4.25. The fourth-order valence-electron chi connectivity index (χ4n) is 2.70. The van der Waals surface area contributed by atoms with Crippen molar-refractivity contribution in [3.05, 3.63) is 29.7 Å². The minimum Gasteiger partial charge on any atom is -0.478 e. The molecule has 31 heavy (non-hydrogen) atoms. The summed E-state index contributed by atoms with van der Waals surface area (Å²) in [6.07, 6.45) is 0.00435. The highest BCUT2D eigenvalue weighted by molar-refractivity contribution is 8.00. The number of hydrogen-bond acceptors (Lipinski definition) is 11. The van der Waals surface area contributed by atoms with Crippen molar-refractivity contribution in [2.24, 2.45) is 5.16 Å². The summed E-state index contributed by atoms with van der Waals surface area (Å²) in [5, 5.41) is 23.7. The first-order valence-electron chi connectivity index (χ1n) is 8.56. The number of hydrogen-bond donors (Lipinski definition) is 4. The Morgan fingerprint density at radius 1 is 1.45 bits per heavy atom. The number of carbonyl (C=O) groups excluding carboxylic acids is 2. The van der Waals surface area contributed by atoms with Gasteiger partial charge in [-0.2, -0.15) is 9.36 Å². The number of aromatic nitrogens is 2. The summed E-state index contributed by atoms with van der Waals surface area (Å²) < 4.78 is 3.86. The molecule has 1 aromatic heterocycles. The molecule has 164 valence electrons. The van der Waals surface area contributed by atoms with E-state index in [2.05, 4.69) is 26.4 Å². The third kappa shape index (κ3) is 4.22. The van der Waals surface area contributed by atoms with E-state index in [0.29, 0.717) is 5.57 Å². The van der Waals surface area contributed by atoms with Crippen LogP contribution in [0, 0.1) is 0 Å². The van der Waals surface area contributed by atoms with Crippen LogP contribution < -0.4 is 11.1 Å². The number of nitrogens with one attached hydrogen (secondary N) is 1. The van der Waals surface area contributed by atoms with Gasteiger partial charge in [0.1, 0.15) is 17.1 Å². The molecule has 2 aliphatic heterocycles. The van der Waals surface area contributed by atoms with Gasteiger partial charge in [-0.25, -0.2) is 9.59 Å². The van der Waals surface area contributed by atoms with E-state index in [0.717, 1.165) is 16.4 Å². The fraction of sp³-hybridized carbons (Fsp3) is 0.312. The summed E-state index contributed by atoms with van der Waals surface area (Å²) in [6.45, 7) is 4.76. The highest BCUT2D eigenvalue weighted by Gasteiger charge is 2.54. The molecule has 15 heteroatoms. The number of carbonyl (C=O) groups is 4. The van der Waals surface area contributed by atoms with Crippen molar-refractivity contribution in [1.82, 2.24) is 19.6 Å². The number of nitrogens with zero attached hydrogens (tertiary/aromatic N) is 4. The number of nitrogens with two attached hydrogens (primary N) is 1. The van der Waals surface area contributed by atoms with Crippen molar-refractivity contribution in [3.8, 4) is 0 Å². The molecule has 1 aromatic rings. The molecule has 13 nitrogen and oxygen atoms in total. The van der Waals surface area contributed by atoms with Gasteiger partial charge in [0, 0.05) is 17.3 Å². The first kappa shape index (κ1) is 22.2. The molecule has 0 bridgehead atoms. The molecule has 0 aromatic carbocycles. The Hall–Kier alpha value is -3.46. The maximum Gasteiger partial charge on any atom is 0.352 e. The molecule has 2 aliphatic rings. The lowest BCUT2D eigenvalue weighted by atomic mass is 10.0. The number of aliphatic carboxylic acids is 2. The molecule has 0 saturated carbocycles. The summed E-state index contributed by atoms with van der Waals surface area (Å²) in [5.41, 5.74) is 5.26. The Morgan fingerprint density at radius 2 is 2.16 bits per heavy atom. The second-order valence-electron chi connectivity index (χ2n) is 6.23. The lowest BCUT2D eigenvalue weighted by molar-refractivity contribution is -0.150. The molecule has 3 rings (SSSR count). The average Bonchev–Trinajstić information content (AvgIpc) is 3.16. The second kappa shape index (κ2) is 8.73. The van der Waals surface area contributed by atoms with E-state index in [1.54, 1.807) is 0 Å². The van der Waals surface area contributed by atoms with Gasteiger partial charge in [0.2, 0.25) is 17.6 Å². The van der Waals surface area contributed by atoms with Gasteiger partial charge in [0.15, 0.2) is 5.13 Å². The number of carboxylic acids is 2. The van der Waals surface area contributed by atoms with Gasteiger partial charge in [0.25, 0.3) is 11.8 Å². The lowest BCUT2D eigenvalue weighted by Gasteiger charge is -2.49. The molecule has 3 heterocycles. The van der Waals surface area contributed by atoms with E-state index in [-0.39, 0.29) is 22.4 Å². The summed E-state index contributed by atoms with van der Waals surface area (Å²) in [5.74, 6) is -4.06. The number of β-lactam (4-membered cyclic amide) rings is 1. The first-order chi connectivity index (χ1) is 14.6. The average molecular weight is 468 g/mol. The summed E-state index contributed by atoms with van der Waals surface area (Å²) in [6, 6.07) is -1.05. The van der Waals surface area contributed by atoms with Crippen molar-refractivity contribution in [2.75, 3.05) is 11.5 Å². The normalized spacial score (nSPS) is 21.6. The highest BCUT2D eigenvalue weighted by atomic mass is 32.2. The number of nitrogen functional groups attached to an aromatic ring is 1. The van der Waals surface area contributed by atoms with Crippen LogP contribution in [-0.4, -0.2) is 77.2 Å². The first-order valence-corrected chi connectivity index (χ1v) is 10.4. The van der Waals surface area contributed by atoms with E-state index in [1.807, 2.05) is 0 Å². The Bertz CT molecular complexity index is 1040. The molecule has 2 amide bonds. The largest absolute Gasteiger partial charge is 0.478 e. The molecule has 0 aliphatic carbocycles. The Labute approximate surface area is 182 Å². The standard InChI is InChI=1S/C16H16N6O7S2/c1-3-6-4-30-13-8(12(24)22(13)9(6)15(27)28)18-11(23)7(10-19-16(17)31-21-10)20-29-5(2)14(25)26/h3,5,8,13H,1,4H2,2H3,(H,18,23)(H,25,26)(H,27,28)(H2,17,19,21)/t5?,8?,13-/m1/s1. The van der Waals surface area contributed by atoms with Crippen LogP contribution in [-0.2, 0) is 24.0 Å². The Balaban J connectivity index is 1.82. The van der Waals surface area contributed by atoms with Crippen molar-refractivity contribution in [2.45, 2.75) is 24.4 Å². The number of thioether (sulfide) groups is 1. The van der Waals surface area contributed by atoms with Crippen LogP contribution in [0.25, 0.3) is 0 Å². The van der Waals surface area contributed by atoms with Gasteiger partial charge in [-0.05, 0) is 12.5 Å². The lowest BCUT2D eigenvalue weighted by Crippen LogP contribution is -2.71. The number of rotatable bonds is 8. The predicted octanol–water partition coefficient (Wildman–Crippen LogP) is -0.761. The van der Waals surface area contributed by atoms with Gasteiger partial charge in [-0.3, -0.25) is 14.5 Å². The Kier molecular flexibility index (Phi) is 6.26. The molecule has 0 radical (unpaired) electrons. The van der Waals surface area contributed by atoms with Gasteiger partial charge < -0.3 is 26.1 Å². The summed E-state index contributed by atoms with van der Waals surface area (Å²) in [7, 11) is 0. The van der Waals surface area contributed by atoms with Crippen LogP contribution in [0.1, 0.15) is 12.7 Å². The quantitative estimate of drug-likeness (QED) is 0.212. The molecule has 1 fully saturated rings. The maximum absolute atomic E-state index is 12.8. The van der Waals surface area contributed by atoms with Crippen LogP contribution in [0.2, 0.25) is 0 Å². The van der Waals surface area contributed by atoms with Gasteiger partial charge in [0.05, 0.1) is 0 Å². The van der Waals surface area contributed by atoms with Crippen LogP contribution in [0.4, 0.5) is 5.13 Å². The summed E-state index contributed by atoms with van der Waals surface area (Å²) >= 11 is 2.03. The number of allylic oxidation sites excluding steroid dienone is 1. The third-order valence-corrected chi connectivity index (χ3v) is 6.10. The van der Waals surface area contributed by atoms with Crippen LogP contribution in [0.5, 0.6) is 0 Å². The summed E-state index contributed by atoms with van der Waals surface area (Å²) in [4.78, 5) is 57.6. The van der Waals surface area contributed by atoms with E-state index in [4.69, 9.17) is 15.7 Å². The molecule has 5 N–H and O–H groups in total. The van der Waals surface area contributed by atoms with Crippen LogP contribution in [0.3, 0.4) is 0 Å². The predicted molar refractivity (Wildman–Crippen MR) is 109 cm³/mol. The van der Waals surface area contributed by atoms with E-state index < -0.39 is 47.0 Å². The van der Waals surface area contributed by atoms with E-state index in [1.165, 1.54) is 24.8 Å². The second-order valence-corrected chi connectivity index (χ2v) is 8.11. The molecular formula is C16H16N6O7S2.